The molecule has 0 unspecified atom stereocenters. The van der Waals surface area contributed by atoms with E-state index < -0.39 is 10.8 Å². The summed E-state index contributed by atoms with van der Waals surface area (Å²) >= 11 is 0. The first-order chi connectivity index (χ1) is 37.7. The molecule has 354 valence electrons. The minimum absolute atomic E-state index is 0.539. The van der Waals surface area contributed by atoms with Gasteiger partial charge in [0.1, 0.15) is 0 Å². The highest BCUT2D eigenvalue weighted by Gasteiger charge is 2.48. The Morgan fingerprint density at radius 3 is 1.11 bits per heavy atom. The average molecular weight is 965 g/mol. The van der Waals surface area contributed by atoms with Crippen LogP contribution >= 0.6 is 0 Å². The molecule has 11 aromatic carbocycles. The number of benzene rings is 11. The van der Waals surface area contributed by atoms with Crippen LogP contribution in [0.25, 0.3) is 88.6 Å². The zero-order valence-electron chi connectivity index (χ0n) is 41.6. The number of rotatable bonds is 8. The van der Waals surface area contributed by atoms with E-state index in [-0.39, 0.29) is 0 Å². The Labute approximate surface area is 443 Å². The van der Waals surface area contributed by atoms with Gasteiger partial charge in [-0.1, -0.05) is 237 Å². The van der Waals surface area contributed by atoms with Crippen LogP contribution in [0, 0.1) is 0 Å². The lowest BCUT2D eigenvalue weighted by molar-refractivity contribution is 0.769. The molecule has 2 aliphatic rings. The zero-order chi connectivity index (χ0) is 50.2. The van der Waals surface area contributed by atoms with Crippen molar-refractivity contribution in [2.45, 2.75) is 10.8 Å². The summed E-state index contributed by atoms with van der Waals surface area (Å²) in [6, 6.07) is 103. The molecule has 76 heavy (non-hydrogen) atoms. The Bertz CT molecular complexity index is 4280. The molecule has 2 nitrogen and oxygen atoms in total. The molecule has 13 aromatic rings. The van der Waals surface area contributed by atoms with Crippen LogP contribution in [-0.2, 0) is 10.8 Å². The Balaban J connectivity index is 1.02. The number of fused-ring (bicyclic) bond motifs is 8. The Kier molecular flexibility index (Phi) is 10.0. The van der Waals surface area contributed by atoms with Crippen molar-refractivity contribution in [3.8, 4) is 67.0 Å². The monoisotopic (exact) mass is 964 g/mol. The van der Waals surface area contributed by atoms with Gasteiger partial charge in [-0.25, -0.2) is 0 Å². The Hall–Kier alpha value is -9.76. The Morgan fingerprint density at radius 2 is 0.632 bits per heavy atom. The third-order valence-electron chi connectivity index (χ3n) is 16.5. The molecule has 0 spiro atoms. The van der Waals surface area contributed by atoms with Gasteiger partial charge in [0.25, 0.3) is 0 Å². The summed E-state index contributed by atoms with van der Waals surface area (Å²) in [5.74, 6) is 0. The van der Waals surface area contributed by atoms with Crippen LogP contribution in [0.15, 0.2) is 291 Å². The zero-order valence-corrected chi connectivity index (χ0v) is 41.6. The average Bonchev–Trinajstić information content (AvgIpc) is 4.03. The van der Waals surface area contributed by atoms with Crippen LogP contribution in [0.2, 0.25) is 0 Å². The highest BCUT2D eigenvalue weighted by molar-refractivity contribution is 6.22. The number of pyridine rings is 2. The first kappa shape index (κ1) is 43.8. The van der Waals surface area contributed by atoms with Crippen LogP contribution in [0.1, 0.15) is 44.5 Å². The molecule has 0 fully saturated rings. The summed E-state index contributed by atoms with van der Waals surface area (Å²) < 4.78 is 0. The molecule has 0 bridgehead atoms. The van der Waals surface area contributed by atoms with E-state index in [1.807, 2.05) is 30.6 Å². The van der Waals surface area contributed by atoms with Gasteiger partial charge >= 0.3 is 0 Å². The predicted octanol–water partition coefficient (Wildman–Crippen LogP) is 18.2. The fraction of sp³-hybridized carbons (Fsp3) is 0.0270. The smallest absolute Gasteiger partial charge is 0.0717 e. The van der Waals surface area contributed by atoms with Gasteiger partial charge in [0, 0.05) is 23.5 Å². The second-order valence-electron chi connectivity index (χ2n) is 20.3. The summed E-state index contributed by atoms with van der Waals surface area (Å²) in [5, 5.41) is 4.76. The fourth-order valence-corrected chi connectivity index (χ4v) is 13.4. The number of nitrogens with zero attached hydrogens (tertiary/aromatic N) is 2. The highest BCUT2D eigenvalue weighted by atomic mass is 14.7. The lowest BCUT2D eigenvalue weighted by Gasteiger charge is -2.34. The molecule has 2 aliphatic carbocycles. The van der Waals surface area contributed by atoms with Crippen LogP contribution in [0.5, 0.6) is 0 Å². The molecular weight excluding hydrogens is 917 g/mol. The summed E-state index contributed by atoms with van der Waals surface area (Å²) in [4.78, 5) is 9.75. The molecule has 0 radical (unpaired) electrons. The van der Waals surface area contributed by atoms with E-state index in [9.17, 15) is 0 Å². The van der Waals surface area contributed by atoms with Gasteiger partial charge in [-0.2, -0.15) is 0 Å². The van der Waals surface area contributed by atoms with E-state index in [4.69, 9.17) is 4.98 Å². The second kappa shape index (κ2) is 17.4. The van der Waals surface area contributed by atoms with E-state index in [0.717, 1.165) is 22.5 Å². The molecule has 0 atom stereocenters. The first-order valence-electron chi connectivity index (χ1n) is 26.3. The predicted molar refractivity (Wildman–Crippen MR) is 313 cm³/mol. The largest absolute Gasteiger partial charge is 0.256 e. The van der Waals surface area contributed by atoms with Gasteiger partial charge in [0.05, 0.1) is 22.2 Å². The van der Waals surface area contributed by atoms with Crippen LogP contribution < -0.4 is 0 Å². The first-order valence-corrected chi connectivity index (χ1v) is 26.3. The molecular formula is C74H48N2. The molecule has 2 heteroatoms. The van der Waals surface area contributed by atoms with Crippen molar-refractivity contribution in [3.05, 3.63) is 336 Å². The van der Waals surface area contributed by atoms with Gasteiger partial charge in [-0.3, -0.25) is 9.97 Å². The molecule has 0 saturated carbocycles. The maximum atomic E-state index is 5.13. The number of hydrogen-bond donors (Lipinski definition) is 0. The molecule has 15 rings (SSSR count). The van der Waals surface area contributed by atoms with E-state index in [0.29, 0.717) is 0 Å². The fourth-order valence-electron chi connectivity index (χ4n) is 13.4. The van der Waals surface area contributed by atoms with Crippen molar-refractivity contribution in [2.24, 2.45) is 0 Å². The molecule has 0 N–H and O–H groups in total. The van der Waals surface area contributed by atoms with Gasteiger partial charge in [-0.05, 0) is 153 Å². The van der Waals surface area contributed by atoms with Crippen LogP contribution in [0.4, 0.5) is 0 Å². The SMILES string of the molecule is c1ccc(C2(c3ccccc3)c3ccccc3-c3ccc(-c4c5ccccc5c(-c5ccc6c(c5)C(c5ccccc5)(c5ccccc5)c5ccccc5-6)c5cc(-c6ccc(-c7ccccn7)cn6)ccc45)cc32)cc1. The van der Waals surface area contributed by atoms with E-state index in [1.54, 1.807) is 0 Å². The summed E-state index contributed by atoms with van der Waals surface area (Å²) in [6.45, 7) is 0. The summed E-state index contributed by atoms with van der Waals surface area (Å²) in [5.41, 5.74) is 22.8. The van der Waals surface area contributed by atoms with E-state index in [2.05, 4.69) is 266 Å². The van der Waals surface area contributed by atoms with Crippen molar-refractivity contribution in [1.82, 2.24) is 9.97 Å². The van der Waals surface area contributed by atoms with Gasteiger partial charge in [-0.15, -0.1) is 0 Å². The summed E-state index contributed by atoms with van der Waals surface area (Å²) in [6.07, 6.45) is 3.79. The topological polar surface area (TPSA) is 25.8 Å². The Morgan fingerprint density at radius 1 is 0.237 bits per heavy atom. The van der Waals surface area contributed by atoms with Crippen molar-refractivity contribution >= 4 is 21.5 Å². The highest BCUT2D eigenvalue weighted by Crippen LogP contribution is 2.59. The molecule has 0 amide bonds. The minimum Gasteiger partial charge on any atom is -0.256 e. The third-order valence-corrected chi connectivity index (χ3v) is 16.5. The molecule has 0 saturated heterocycles. The number of aromatic nitrogens is 2. The quantitative estimate of drug-likeness (QED) is 0.142. The van der Waals surface area contributed by atoms with Crippen molar-refractivity contribution in [1.29, 1.82) is 0 Å². The van der Waals surface area contributed by atoms with Crippen molar-refractivity contribution in [2.75, 3.05) is 0 Å². The standard InChI is InChI=1S/C74H48N2/c1-5-21-53(22-6-1)73(54-23-7-2-8-24-54)65-33-17-15-29-57(65)59-40-37-50(46-67(59)73)71-61-31-13-14-32-62(61)72(64-45-49(36-42-63(64)71)70-43-39-52(48-76-70)69-35-19-20-44-75-69)51-38-41-60-58-30-16-18-34-66(58)74(68(60)47-51,55-25-9-3-10-26-55)56-27-11-4-12-28-56/h1-48H. The lowest BCUT2D eigenvalue weighted by atomic mass is 9.67. The minimum atomic E-state index is -0.549. The normalized spacial score (nSPS) is 13.5. The van der Waals surface area contributed by atoms with Crippen molar-refractivity contribution in [3.63, 3.8) is 0 Å². The van der Waals surface area contributed by atoms with Crippen LogP contribution in [-0.4, -0.2) is 9.97 Å². The van der Waals surface area contributed by atoms with E-state index in [1.165, 1.54) is 111 Å². The number of hydrogen-bond acceptors (Lipinski definition) is 2. The third kappa shape index (κ3) is 6.41. The molecule has 2 aromatic heterocycles. The van der Waals surface area contributed by atoms with Gasteiger partial charge < -0.3 is 0 Å². The van der Waals surface area contributed by atoms with E-state index >= 15 is 0 Å². The maximum absolute atomic E-state index is 5.13. The van der Waals surface area contributed by atoms with Gasteiger partial charge in [0.2, 0.25) is 0 Å². The summed E-state index contributed by atoms with van der Waals surface area (Å²) in [7, 11) is 0. The molecule has 0 aliphatic heterocycles. The lowest BCUT2D eigenvalue weighted by Crippen LogP contribution is -2.28. The van der Waals surface area contributed by atoms with Crippen molar-refractivity contribution < 1.29 is 0 Å². The second-order valence-corrected chi connectivity index (χ2v) is 20.3. The van der Waals surface area contributed by atoms with Gasteiger partial charge in [0.15, 0.2) is 0 Å². The molecule has 2 heterocycles. The maximum Gasteiger partial charge on any atom is 0.0717 e. The van der Waals surface area contributed by atoms with Crippen LogP contribution in [0.3, 0.4) is 0 Å².